The number of benzene rings is 2. The molecule has 6 nitrogen and oxygen atoms in total. The zero-order valence-corrected chi connectivity index (χ0v) is 11.7. The average molecular weight is 298 g/mol. The summed E-state index contributed by atoms with van der Waals surface area (Å²) in [6.45, 7) is 0.808. The molecule has 0 atom stereocenters. The van der Waals surface area contributed by atoms with Gasteiger partial charge in [0, 0.05) is 29.8 Å². The first-order valence-electron chi connectivity index (χ1n) is 6.91. The van der Waals surface area contributed by atoms with Crippen LogP contribution in [0.5, 0.6) is 5.75 Å². The molecule has 1 N–H and O–H groups in total. The van der Waals surface area contributed by atoms with Gasteiger partial charge in [-0.2, -0.15) is 0 Å². The molecular weight excluding hydrogens is 284 g/mol. The summed E-state index contributed by atoms with van der Waals surface area (Å²) < 4.78 is 5.77. The van der Waals surface area contributed by atoms with Gasteiger partial charge in [-0.3, -0.25) is 14.9 Å². The van der Waals surface area contributed by atoms with Gasteiger partial charge in [-0.25, -0.2) is 0 Å². The van der Waals surface area contributed by atoms with Gasteiger partial charge in [0.25, 0.3) is 11.6 Å². The monoisotopic (exact) mass is 298 g/mol. The second kappa shape index (κ2) is 5.85. The Morgan fingerprint density at radius 1 is 1.23 bits per heavy atom. The Kier molecular flexibility index (Phi) is 3.74. The number of hydrogen-bond acceptors (Lipinski definition) is 4. The van der Waals surface area contributed by atoms with Crippen LogP contribution in [0.3, 0.4) is 0 Å². The van der Waals surface area contributed by atoms with Gasteiger partial charge in [0.1, 0.15) is 12.4 Å². The first-order valence-corrected chi connectivity index (χ1v) is 6.91. The summed E-state index contributed by atoms with van der Waals surface area (Å²) in [5, 5.41) is 13.6. The van der Waals surface area contributed by atoms with Crippen LogP contribution >= 0.6 is 0 Å². The van der Waals surface area contributed by atoms with E-state index in [1.807, 2.05) is 6.07 Å². The van der Waals surface area contributed by atoms with E-state index in [0.29, 0.717) is 29.8 Å². The predicted octanol–water partition coefficient (Wildman–Crippen LogP) is 2.46. The molecule has 112 valence electrons. The van der Waals surface area contributed by atoms with Gasteiger partial charge in [-0.15, -0.1) is 0 Å². The Morgan fingerprint density at radius 2 is 2.05 bits per heavy atom. The number of carbonyl (C=O) groups is 1. The summed E-state index contributed by atoms with van der Waals surface area (Å²) in [7, 11) is 0. The lowest BCUT2D eigenvalue weighted by Gasteiger charge is -2.19. The smallest absolute Gasteiger partial charge is 0.269 e. The van der Waals surface area contributed by atoms with Crippen LogP contribution in [0.1, 0.15) is 21.5 Å². The molecule has 3 rings (SSSR count). The van der Waals surface area contributed by atoms with E-state index >= 15 is 0 Å². The lowest BCUT2D eigenvalue weighted by molar-refractivity contribution is -0.384. The Bertz CT molecular complexity index is 743. The molecule has 0 spiro atoms. The highest BCUT2D eigenvalue weighted by atomic mass is 16.6. The number of nitrogens with zero attached hydrogens (tertiary/aromatic N) is 1. The molecule has 0 fully saturated rings. The molecule has 1 aliphatic heterocycles. The Labute approximate surface area is 126 Å². The largest absolute Gasteiger partial charge is 0.489 e. The van der Waals surface area contributed by atoms with E-state index in [2.05, 4.69) is 5.32 Å². The summed E-state index contributed by atoms with van der Waals surface area (Å²) in [5.74, 6) is 0.556. The molecule has 1 amide bonds. The molecule has 0 unspecified atom stereocenters. The van der Waals surface area contributed by atoms with Crippen molar-refractivity contribution in [2.45, 2.75) is 13.0 Å². The van der Waals surface area contributed by atoms with Gasteiger partial charge in [-0.05, 0) is 24.1 Å². The molecule has 1 heterocycles. The first kappa shape index (κ1) is 14.1. The molecule has 22 heavy (non-hydrogen) atoms. The second-order valence-corrected chi connectivity index (χ2v) is 5.00. The van der Waals surface area contributed by atoms with Crippen molar-refractivity contribution < 1.29 is 14.5 Å². The van der Waals surface area contributed by atoms with E-state index in [1.165, 1.54) is 12.1 Å². The van der Waals surface area contributed by atoms with E-state index in [9.17, 15) is 14.9 Å². The standard InChI is InChI=1S/C16H14N2O4/c19-16-14-5-2-6-15(13(14)7-8-17-16)22-10-11-3-1-4-12(9-11)18(20)21/h1-6,9H,7-8,10H2,(H,17,19). The van der Waals surface area contributed by atoms with Crippen LogP contribution in [0.25, 0.3) is 0 Å². The van der Waals surface area contributed by atoms with Gasteiger partial charge in [0.15, 0.2) is 0 Å². The van der Waals surface area contributed by atoms with E-state index in [-0.39, 0.29) is 18.2 Å². The van der Waals surface area contributed by atoms with Crippen molar-refractivity contribution in [2.75, 3.05) is 6.54 Å². The van der Waals surface area contributed by atoms with Crippen LogP contribution in [0.15, 0.2) is 42.5 Å². The molecule has 2 aromatic carbocycles. The highest BCUT2D eigenvalue weighted by Crippen LogP contribution is 2.26. The molecule has 0 saturated carbocycles. The Morgan fingerprint density at radius 3 is 2.86 bits per heavy atom. The van der Waals surface area contributed by atoms with Crippen LogP contribution in [-0.2, 0) is 13.0 Å². The van der Waals surface area contributed by atoms with Gasteiger partial charge in [0.05, 0.1) is 4.92 Å². The third-order valence-electron chi connectivity index (χ3n) is 3.55. The van der Waals surface area contributed by atoms with Gasteiger partial charge in [-0.1, -0.05) is 18.2 Å². The molecule has 2 aromatic rings. The topological polar surface area (TPSA) is 81.5 Å². The van der Waals surface area contributed by atoms with Crippen LogP contribution in [0, 0.1) is 10.1 Å². The van der Waals surface area contributed by atoms with Crippen molar-refractivity contribution in [2.24, 2.45) is 0 Å². The molecule has 0 aliphatic carbocycles. The molecule has 0 aromatic heterocycles. The summed E-state index contributed by atoms with van der Waals surface area (Å²) in [5.41, 5.74) is 2.27. The highest BCUT2D eigenvalue weighted by molar-refractivity contribution is 5.97. The molecular formula is C16H14N2O4. The SMILES string of the molecule is O=C1NCCc2c(OCc3cccc([N+](=O)[O-])c3)cccc21. The molecule has 0 bridgehead atoms. The lowest BCUT2D eigenvalue weighted by atomic mass is 9.99. The maximum Gasteiger partial charge on any atom is 0.269 e. The van der Waals surface area contributed by atoms with E-state index in [0.717, 1.165) is 5.56 Å². The fraction of sp³-hybridized carbons (Fsp3) is 0.188. The maximum absolute atomic E-state index is 11.8. The third kappa shape index (κ3) is 2.76. The number of non-ortho nitro benzene ring substituents is 1. The Balaban J connectivity index is 1.80. The number of carbonyl (C=O) groups excluding carboxylic acids is 1. The summed E-state index contributed by atoms with van der Waals surface area (Å²) in [6, 6.07) is 11.7. The van der Waals surface area contributed by atoms with Crippen molar-refractivity contribution in [3.05, 3.63) is 69.3 Å². The van der Waals surface area contributed by atoms with Crippen molar-refractivity contribution in [1.82, 2.24) is 5.32 Å². The van der Waals surface area contributed by atoms with Crippen LogP contribution in [0.4, 0.5) is 5.69 Å². The molecule has 0 radical (unpaired) electrons. The normalized spacial score (nSPS) is 13.2. The lowest BCUT2D eigenvalue weighted by Crippen LogP contribution is -2.32. The number of nitro benzene ring substituents is 1. The number of nitrogens with one attached hydrogen (secondary N) is 1. The maximum atomic E-state index is 11.8. The van der Waals surface area contributed by atoms with Crippen molar-refractivity contribution in [3.8, 4) is 5.75 Å². The first-order chi connectivity index (χ1) is 10.6. The van der Waals surface area contributed by atoms with Crippen molar-refractivity contribution in [1.29, 1.82) is 0 Å². The second-order valence-electron chi connectivity index (χ2n) is 5.00. The zero-order chi connectivity index (χ0) is 15.5. The number of hydrogen-bond donors (Lipinski definition) is 1. The number of ether oxygens (including phenoxy) is 1. The highest BCUT2D eigenvalue weighted by Gasteiger charge is 2.19. The van der Waals surface area contributed by atoms with Crippen molar-refractivity contribution in [3.63, 3.8) is 0 Å². The zero-order valence-electron chi connectivity index (χ0n) is 11.7. The average Bonchev–Trinajstić information content (AvgIpc) is 2.53. The summed E-state index contributed by atoms with van der Waals surface area (Å²) >= 11 is 0. The summed E-state index contributed by atoms with van der Waals surface area (Å²) in [4.78, 5) is 22.1. The van der Waals surface area contributed by atoms with E-state index in [1.54, 1.807) is 24.3 Å². The van der Waals surface area contributed by atoms with Gasteiger partial charge < -0.3 is 10.1 Å². The van der Waals surface area contributed by atoms with Crippen LogP contribution in [-0.4, -0.2) is 17.4 Å². The van der Waals surface area contributed by atoms with Crippen LogP contribution < -0.4 is 10.1 Å². The fourth-order valence-corrected chi connectivity index (χ4v) is 2.49. The third-order valence-corrected chi connectivity index (χ3v) is 3.55. The van der Waals surface area contributed by atoms with Gasteiger partial charge >= 0.3 is 0 Å². The van der Waals surface area contributed by atoms with Crippen LogP contribution in [0.2, 0.25) is 0 Å². The fourth-order valence-electron chi connectivity index (χ4n) is 2.49. The molecule has 1 aliphatic rings. The molecule has 0 saturated heterocycles. The number of nitro groups is 1. The van der Waals surface area contributed by atoms with E-state index < -0.39 is 4.92 Å². The quantitative estimate of drug-likeness (QED) is 0.694. The molecule has 6 heteroatoms. The number of fused-ring (bicyclic) bond motifs is 1. The van der Waals surface area contributed by atoms with Crippen molar-refractivity contribution >= 4 is 11.6 Å². The minimum atomic E-state index is -0.432. The van der Waals surface area contributed by atoms with Gasteiger partial charge in [0.2, 0.25) is 0 Å². The minimum Gasteiger partial charge on any atom is -0.489 e. The number of rotatable bonds is 4. The van der Waals surface area contributed by atoms with E-state index in [4.69, 9.17) is 4.74 Å². The Hall–Kier alpha value is -2.89. The minimum absolute atomic E-state index is 0.0376. The number of amides is 1. The summed E-state index contributed by atoms with van der Waals surface area (Å²) in [6.07, 6.45) is 0.714. The predicted molar refractivity (Wildman–Crippen MR) is 79.9 cm³/mol.